The van der Waals surface area contributed by atoms with Gasteiger partial charge in [0.1, 0.15) is 10.7 Å². The molecule has 0 amide bonds. The SMILES string of the molecule is CSc1cccc(-c2cccc(S(=O)(=O)Nc3cc(NCC(C)C)c4n[nH]c(Cl)c4c3)c2)c1. The number of nitrogens with one attached hydrogen (secondary N) is 3. The summed E-state index contributed by atoms with van der Waals surface area (Å²) in [5.41, 5.74) is 3.59. The van der Waals surface area contributed by atoms with Gasteiger partial charge in [-0.3, -0.25) is 9.82 Å². The number of benzene rings is 3. The van der Waals surface area contributed by atoms with Gasteiger partial charge < -0.3 is 5.32 Å². The average molecular weight is 501 g/mol. The zero-order valence-electron chi connectivity index (χ0n) is 18.5. The van der Waals surface area contributed by atoms with Gasteiger partial charge in [0.15, 0.2) is 0 Å². The van der Waals surface area contributed by atoms with Crippen LogP contribution in [0.25, 0.3) is 22.0 Å². The lowest BCUT2D eigenvalue weighted by Gasteiger charge is -2.14. The fourth-order valence-corrected chi connectivity index (χ4v) is 5.19. The number of sulfonamides is 1. The number of aromatic nitrogens is 2. The third-order valence-electron chi connectivity index (χ3n) is 5.11. The lowest BCUT2D eigenvalue weighted by atomic mass is 10.1. The molecule has 9 heteroatoms. The summed E-state index contributed by atoms with van der Waals surface area (Å²) in [4.78, 5) is 1.30. The summed E-state index contributed by atoms with van der Waals surface area (Å²) in [5, 5.41) is 11.3. The van der Waals surface area contributed by atoms with Crippen LogP contribution in [-0.4, -0.2) is 31.4 Å². The van der Waals surface area contributed by atoms with Crippen LogP contribution in [0.4, 0.5) is 11.4 Å². The number of fused-ring (bicyclic) bond motifs is 1. The fraction of sp³-hybridized carbons (Fsp3) is 0.208. The van der Waals surface area contributed by atoms with Gasteiger partial charge in [0.25, 0.3) is 10.0 Å². The van der Waals surface area contributed by atoms with E-state index in [9.17, 15) is 8.42 Å². The number of hydrogen-bond donors (Lipinski definition) is 3. The summed E-state index contributed by atoms with van der Waals surface area (Å²) in [6, 6.07) is 18.4. The zero-order valence-corrected chi connectivity index (χ0v) is 20.9. The summed E-state index contributed by atoms with van der Waals surface area (Å²) < 4.78 is 29.2. The second-order valence-corrected chi connectivity index (χ2v) is 11.0. The Morgan fingerprint density at radius 3 is 2.52 bits per heavy atom. The van der Waals surface area contributed by atoms with E-state index in [1.54, 1.807) is 42.1 Å². The summed E-state index contributed by atoms with van der Waals surface area (Å²) in [6.45, 7) is 4.90. The van der Waals surface area contributed by atoms with Gasteiger partial charge in [0.2, 0.25) is 0 Å². The van der Waals surface area contributed by atoms with Crippen LogP contribution in [-0.2, 0) is 10.0 Å². The van der Waals surface area contributed by atoms with Crippen molar-refractivity contribution in [2.75, 3.05) is 22.8 Å². The number of halogens is 1. The normalized spacial score (nSPS) is 11.8. The van der Waals surface area contributed by atoms with Crippen molar-refractivity contribution in [3.63, 3.8) is 0 Å². The van der Waals surface area contributed by atoms with Crippen molar-refractivity contribution in [2.45, 2.75) is 23.6 Å². The van der Waals surface area contributed by atoms with Crippen molar-refractivity contribution in [3.8, 4) is 11.1 Å². The highest BCUT2D eigenvalue weighted by atomic mass is 35.5. The fourth-order valence-electron chi connectivity index (χ4n) is 3.45. The molecule has 33 heavy (non-hydrogen) atoms. The molecule has 1 aromatic heterocycles. The van der Waals surface area contributed by atoms with Crippen molar-refractivity contribution in [1.82, 2.24) is 10.2 Å². The first-order valence-electron chi connectivity index (χ1n) is 10.5. The lowest BCUT2D eigenvalue weighted by molar-refractivity contribution is 0.601. The molecule has 0 aliphatic heterocycles. The molecule has 0 aliphatic rings. The summed E-state index contributed by atoms with van der Waals surface area (Å²) in [5.74, 6) is 0.405. The van der Waals surface area contributed by atoms with Crippen molar-refractivity contribution in [3.05, 3.63) is 65.8 Å². The lowest BCUT2D eigenvalue weighted by Crippen LogP contribution is -2.14. The van der Waals surface area contributed by atoms with E-state index in [2.05, 4.69) is 34.1 Å². The molecule has 0 bridgehead atoms. The third kappa shape index (κ3) is 5.29. The standard InChI is InChI=1S/C24H25ClN4O2S2/c1-15(2)14-26-22-13-18(12-21-23(22)27-28-24(21)25)29-33(30,31)20-9-5-7-17(11-20)16-6-4-8-19(10-16)32-3/h4-13,15,26,29H,14H2,1-3H3,(H,27,28). The van der Waals surface area contributed by atoms with E-state index in [0.717, 1.165) is 16.0 Å². The first-order chi connectivity index (χ1) is 15.8. The molecular weight excluding hydrogens is 476 g/mol. The molecule has 0 saturated carbocycles. The Labute approximate surface area is 203 Å². The van der Waals surface area contributed by atoms with E-state index in [4.69, 9.17) is 11.6 Å². The molecule has 172 valence electrons. The molecule has 0 aliphatic carbocycles. The Bertz CT molecular complexity index is 1400. The quantitative estimate of drug-likeness (QED) is 0.241. The second kappa shape index (κ2) is 9.67. The molecule has 4 rings (SSSR count). The molecule has 4 aromatic rings. The van der Waals surface area contributed by atoms with Crippen molar-refractivity contribution < 1.29 is 8.42 Å². The van der Waals surface area contributed by atoms with Gasteiger partial charge >= 0.3 is 0 Å². The van der Waals surface area contributed by atoms with Crippen molar-refractivity contribution in [1.29, 1.82) is 0 Å². The van der Waals surface area contributed by atoms with E-state index < -0.39 is 10.0 Å². The zero-order chi connectivity index (χ0) is 23.6. The third-order valence-corrected chi connectivity index (χ3v) is 7.51. The highest BCUT2D eigenvalue weighted by Crippen LogP contribution is 2.33. The number of rotatable bonds is 8. The van der Waals surface area contributed by atoms with E-state index in [-0.39, 0.29) is 4.90 Å². The Balaban J connectivity index is 1.68. The first-order valence-corrected chi connectivity index (χ1v) is 13.5. The van der Waals surface area contributed by atoms with Crippen molar-refractivity contribution >= 4 is 55.7 Å². The number of anilines is 2. The predicted molar refractivity (Wildman–Crippen MR) is 139 cm³/mol. The Morgan fingerprint density at radius 1 is 1.06 bits per heavy atom. The van der Waals surface area contributed by atoms with Gasteiger partial charge in [-0.15, -0.1) is 11.8 Å². The predicted octanol–water partition coefficient (Wildman–Crippen LogP) is 6.47. The summed E-state index contributed by atoms with van der Waals surface area (Å²) >= 11 is 7.90. The van der Waals surface area contributed by atoms with Crippen LogP contribution in [0.15, 0.2) is 70.5 Å². The van der Waals surface area contributed by atoms with Gasteiger partial charge in [0, 0.05) is 16.8 Å². The molecular formula is C24H25ClN4O2S2. The Kier molecular flexibility index (Phi) is 6.88. The van der Waals surface area contributed by atoms with E-state index in [1.807, 2.05) is 36.6 Å². The van der Waals surface area contributed by atoms with Crippen LogP contribution in [0.5, 0.6) is 0 Å². The summed E-state index contributed by atoms with van der Waals surface area (Å²) in [7, 11) is -3.83. The molecule has 6 nitrogen and oxygen atoms in total. The molecule has 3 aromatic carbocycles. The van der Waals surface area contributed by atoms with E-state index >= 15 is 0 Å². The molecule has 0 fully saturated rings. The number of thioether (sulfide) groups is 1. The minimum atomic E-state index is -3.83. The van der Waals surface area contributed by atoms with Crippen LogP contribution in [0.2, 0.25) is 5.15 Å². The van der Waals surface area contributed by atoms with Crippen LogP contribution in [0, 0.1) is 5.92 Å². The molecule has 0 atom stereocenters. The van der Waals surface area contributed by atoms with E-state index in [0.29, 0.717) is 39.9 Å². The average Bonchev–Trinajstić information content (AvgIpc) is 3.18. The van der Waals surface area contributed by atoms with Crippen LogP contribution >= 0.6 is 23.4 Å². The highest BCUT2D eigenvalue weighted by molar-refractivity contribution is 7.98. The smallest absolute Gasteiger partial charge is 0.261 e. The topological polar surface area (TPSA) is 86.9 Å². The summed E-state index contributed by atoms with van der Waals surface area (Å²) in [6.07, 6.45) is 2.01. The monoisotopic (exact) mass is 500 g/mol. The minimum Gasteiger partial charge on any atom is -0.383 e. The largest absolute Gasteiger partial charge is 0.383 e. The number of hydrogen-bond acceptors (Lipinski definition) is 5. The van der Waals surface area contributed by atoms with Crippen LogP contribution < -0.4 is 10.0 Å². The molecule has 0 radical (unpaired) electrons. The Morgan fingerprint density at radius 2 is 1.79 bits per heavy atom. The van der Waals surface area contributed by atoms with Crippen molar-refractivity contribution in [2.24, 2.45) is 5.92 Å². The van der Waals surface area contributed by atoms with Gasteiger partial charge in [-0.1, -0.05) is 49.7 Å². The van der Waals surface area contributed by atoms with Gasteiger partial charge in [0.05, 0.1) is 16.3 Å². The molecule has 0 spiro atoms. The van der Waals surface area contributed by atoms with Gasteiger partial charge in [-0.05, 0) is 59.7 Å². The maximum absolute atomic E-state index is 13.3. The first kappa shape index (κ1) is 23.5. The maximum Gasteiger partial charge on any atom is 0.261 e. The molecule has 0 saturated heterocycles. The maximum atomic E-state index is 13.3. The number of aromatic amines is 1. The number of nitrogens with zero attached hydrogens (tertiary/aromatic N) is 1. The Hall–Kier alpha value is -2.68. The van der Waals surface area contributed by atoms with Crippen LogP contribution in [0.1, 0.15) is 13.8 Å². The number of H-pyrrole nitrogens is 1. The van der Waals surface area contributed by atoms with Crippen LogP contribution in [0.3, 0.4) is 0 Å². The van der Waals surface area contributed by atoms with E-state index in [1.165, 1.54) is 0 Å². The molecule has 3 N–H and O–H groups in total. The van der Waals surface area contributed by atoms with Gasteiger partial charge in [-0.2, -0.15) is 5.10 Å². The minimum absolute atomic E-state index is 0.185. The second-order valence-electron chi connectivity index (χ2n) is 8.10. The molecule has 0 unspecified atom stereocenters. The highest BCUT2D eigenvalue weighted by Gasteiger charge is 2.18. The van der Waals surface area contributed by atoms with Gasteiger partial charge in [-0.25, -0.2) is 8.42 Å². The molecule has 1 heterocycles.